The maximum absolute atomic E-state index is 12.2. The summed E-state index contributed by atoms with van der Waals surface area (Å²) in [6.45, 7) is 0. The number of pyridine rings is 1. The molecule has 2 aromatic heterocycles. The van der Waals surface area contributed by atoms with Crippen LogP contribution in [0.25, 0.3) is 5.52 Å². The lowest BCUT2D eigenvalue weighted by molar-refractivity contribution is -0.384. The van der Waals surface area contributed by atoms with Crippen LogP contribution in [-0.4, -0.2) is 20.2 Å². The number of imidazole rings is 1. The number of anilines is 1. The first-order valence-electron chi connectivity index (χ1n) is 6.21. The van der Waals surface area contributed by atoms with Crippen molar-refractivity contribution >= 4 is 34.4 Å². The van der Waals surface area contributed by atoms with E-state index in [9.17, 15) is 14.9 Å². The van der Waals surface area contributed by atoms with E-state index in [1.165, 1.54) is 18.2 Å². The maximum Gasteiger partial charge on any atom is 0.289 e. The van der Waals surface area contributed by atoms with Crippen LogP contribution in [0.3, 0.4) is 0 Å². The third-order valence-corrected chi connectivity index (χ3v) is 3.40. The smallest absolute Gasteiger partial charge is 0.289 e. The molecule has 0 aliphatic rings. The quantitative estimate of drug-likeness (QED) is 0.593. The van der Waals surface area contributed by atoms with Crippen LogP contribution in [0.15, 0.2) is 49.1 Å². The molecular weight excluding hydrogens is 308 g/mol. The van der Waals surface area contributed by atoms with Gasteiger partial charge >= 0.3 is 0 Å². The van der Waals surface area contributed by atoms with Crippen molar-refractivity contribution in [3.63, 3.8) is 0 Å². The number of nitro benzene ring substituents is 1. The fourth-order valence-corrected chi connectivity index (χ4v) is 2.18. The summed E-state index contributed by atoms with van der Waals surface area (Å²) in [7, 11) is 0. The topological polar surface area (TPSA) is 89.5 Å². The van der Waals surface area contributed by atoms with E-state index in [0.717, 1.165) is 5.52 Å². The van der Waals surface area contributed by atoms with E-state index < -0.39 is 4.92 Å². The van der Waals surface area contributed by atoms with Gasteiger partial charge in [-0.25, -0.2) is 4.98 Å². The van der Waals surface area contributed by atoms with Gasteiger partial charge in [0.1, 0.15) is 5.02 Å². The number of benzene rings is 1. The molecule has 1 amide bonds. The minimum Gasteiger partial charge on any atom is -0.322 e. The SMILES string of the molecule is O=C(Nc1ccc(Cl)c([N+](=O)[O-])c1)c1ccn2cncc2c1. The molecule has 0 atom stereocenters. The van der Waals surface area contributed by atoms with Gasteiger partial charge in [-0.2, -0.15) is 0 Å². The molecule has 3 aromatic rings. The Labute approximate surface area is 129 Å². The van der Waals surface area contributed by atoms with Gasteiger partial charge in [0.2, 0.25) is 0 Å². The van der Waals surface area contributed by atoms with E-state index in [-0.39, 0.29) is 16.6 Å². The van der Waals surface area contributed by atoms with Gasteiger partial charge in [0.25, 0.3) is 11.6 Å². The number of aromatic nitrogens is 2. The predicted molar refractivity (Wildman–Crippen MR) is 81.3 cm³/mol. The third kappa shape index (κ3) is 2.61. The summed E-state index contributed by atoms with van der Waals surface area (Å²) >= 11 is 5.73. The van der Waals surface area contributed by atoms with Gasteiger partial charge in [-0.15, -0.1) is 0 Å². The molecule has 8 heteroatoms. The average Bonchev–Trinajstić information content (AvgIpc) is 2.96. The van der Waals surface area contributed by atoms with Gasteiger partial charge in [0.05, 0.1) is 23.0 Å². The largest absolute Gasteiger partial charge is 0.322 e. The molecule has 0 spiro atoms. The molecule has 3 rings (SSSR count). The van der Waals surface area contributed by atoms with Crippen molar-refractivity contribution < 1.29 is 9.72 Å². The lowest BCUT2D eigenvalue weighted by Crippen LogP contribution is -2.12. The highest BCUT2D eigenvalue weighted by Gasteiger charge is 2.14. The average molecular weight is 317 g/mol. The molecule has 0 unspecified atom stereocenters. The van der Waals surface area contributed by atoms with Crippen LogP contribution in [0.4, 0.5) is 11.4 Å². The van der Waals surface area contributed by atoms with Gasteiger partial charge in [-0.1, -0.05) is 11.6 Å². The number of nitrogens with one attached hydrogen (secondary N) is 1. The highest BCUT2D eigenvalue weighted by Crippen LogP contribution is 2.27. The Balaban J connectivity index is 1.87. The summed E-state index contributed by atoms with van der Waals surface area (Å²) < 4.78 is 1.77. The minimum absolute atomic E-state index is 0.0173. The van der Waals surface area contributed by atoms with E-state index in [1.807, 2.05) is 0 Å². The Hall–Kier alpha value is -2.93. The number of carbonyl (C=O) groups is 1. The first kappa shape index (κ1) is 14.0. The molecule has 0 aliphatic carbocycles. The molecule has 0 saturated heterocycles. The van der Waals surface area contributed by atoms with Gasteiger partial charge in [0, 0.05) is 23.5 Å². The second-order valence-corrected chi connectivity index (χ2v) is 4.93. The van der Waals surface area contributed by atoms with Crippen LogP contribution >= 0.6 is 11.6 Å². The lowest BCUT2D eigenvalue weighted by Gasteiger charge is -2.06. The zero-order valence-electron chi connectivity index (χ0n) is 11.1. The summed E-state index contributed by atoms with van der Waals surface area (Å²) in [5, 5.41) is 13.5. The molecular formula is C14H9ClN4O3. The van der Waals surface area contributed by atoms with Crippen molar-refractivity contribution in [2.45, 2.75) is 0 Å². The maximum atomic E-state index is 12.2. The number of halogens is 1. The molecule has 0 aliphatic heterocycles. The molecule has 2 heterocycles. The number of carbonyl (C=O) groups excluding carboxylic acids is 1. The molecule has 110 valence electrons. The zero-order chi connectivity index (χ0) is 15.7. The molecule has 7 nitrogen and oxygen atoms in total. The number of rotatable bonds is 3. The van der Waals surface area contributed by atoms with Crippen LogP contribution in [0, 0.1) is 10.1 Å². The van der Waals surface area contributed by atoms with Crippen molar-refractivity contribution in [2.24, 2.45) is 0 Å². The van der Waals surface area contributed by atoms with E-state index in [1.54, 1.807) is 35.3 Å². The fourth-order valence-electron chi connectivity index (χ4n) is 1.99. The van der Waals surface area contributed by atoms with Gasteiger partial charge < -0.3 is 9.72 Å². The second-order valence-electron chi connectivity index (χ2n) is 4.52. The summed E-state index contributed by atoms with van der Waals surface area (Å²) in [4.78, 5) is 26.4. The van der Waals surface area contributed by atoms with Crippen molar-refractivity contribution in [3.8, 4) is 0 Å². The van der Waals surface area contributed by atoms with E-state index in [2.05, 4.69) is 10.3 Å². The van der Waals surface area contributed by atoms with Gasteiger partial charge in [-0.05, 0) is 24.3 Å². The van der Waals surface area contributed by atoms with Crippen LogP contribution in [0.1, 0.15) is 10.4 Å². The number of nitrogens with zero attached hydrogens (tertiary/aromatic N) is 3. The highest BCUT2D eigenvalue weighted by atomic mass is 35.5. The summed E-state index contributed by atoms with van der Waals surface area (Å²) in [5.74, 6) is -0.375. The molecule has 0 fully saturated rings. The Morgan fingerprint density at radius 3 is 2.91 bits per heavy atom. The monoisotopic (exact) mass is 316 g/mol. The van der Waals surface area contributed by atoms with Crippen LogP contribution < -0.4 is 5.32 Å². The van der Waals surface area contributed by atoms with Gasteiger partial charge in [0.15, 0.2) is 0 Å². The van der Waals surface area contributed by atoms with Crippen LogP contribution in [0.2, 0.25) is 5.02 Å². The number of amides is 1. The number of hydrogen-bond donors (Lipinski definition) is 1. The van der Waals surface area contributed by atoms with E-state index in [0.29, 0.717) is 11.3 Å². The first-order chi connectivity index (χ1) is 10.5. The Morgan fingerprint density at radius 2 is 2.14 bits per heavy atom. The molecule has 0 radical (unpaired) electrons. The third-order valence-electron chi connectivity index (χ3n) is 3.08. The molecule has 1 N–H and O–H groups in total. The first-order valence-corrected chi connectivity index (χ1v) is 6.59. The highest BCUT2D eigenvalue weighted by molar-refractivity contribution is 6.32. The minimum atomic E-state index is -0.601. The number of hydrogen-bond acceptors (Lipinski definition) is 4. The van der Waals surface area contributed by atoms with Crippen LogP contribution in [0.5, 0.6) is 0 Å². The van der Waals surface area contributed by atoms with Crippen molar-refractivity contribution in [1.82, 2.24) is 9.38 Å². The summed E-state index contributed by atoms with van der Waals surface area (Å²) in [6, 6.07) is 7.40. The Kier molecular flexibility index (Phi) is 3.48. The van der Waals surface area contributed by atoms with Crippen molar-refractivity contribution in [3.05, 3.63) is 69.8 Å². The summed E-state index contributed by atoms with van der Waals surface area (Å²) in [6.07, 6.45) is 4.96. The Bertz CT molecular complexity index is 891. The standard InChI is InChI=1S/C14H9ClN4O3/c15-12-2-1-10(6-13(12)19(21)22)17-14(20)9-3-4-18-8-16-7-11(18)5-9/h1-8H,(H,17,20). The molecule has 1 aromatic carbocycles. The second kappa shape index (κ2) is 5.45. The zero-order valence-corrected chi connectivity index (χ0v) is 11.8. The normalized spacial score (nSPS) is 10.6. The predicted octanol–water partition coefficient (Wildman–Crippen LogP) is 3.15. The van der Waals surface area contributed by atoms with Gasteiger partial charge in [-0.3, -0.25) is 14.9 Å². The summed E-state index contributed by atoms with van der Waals surface area (Å²) in [5.41, 5.74) is 1.24. The molecule has 0 bridgehead atoms. The Morgan fingerprint density at radius 1 is 1.32 bits per heavy atom. The van der Waals surface area contributed by atoms with Crippen molar-refractivity contribution in [1.29, 1.82) is 0 Å². The van der Waals surface area contributed by atoms with E-state index in [4.69, 9.17) is 11.6 Å². The number of nitro groups is 1. The number of fused-ring (bicyclic) bond motifs is 1. The molecule has 0 saturated carbocycles. The lowest BCUT2D eigenvalue weighted by atomic mass is 10.2. The van der Waals surface area contributed by atoms with Crippen LogP contribution in [-0.2, 0) is 0 Å². The fraction of sp³-hybridized carbons (Fsp3) is 0. The van der Waals surface area contributed by atoms with Crippen molar-refractivity contribution in [2.75, 3.05) is 5.32 Å². The van der Waals surface area contributed by atoms with E-state index >= 15 is 0 Å². The molecule has 22 heavy (non-hydrogen) atoms.